The smallest absolute Gasteiger partial charge is 0.282 e. The lowest BCUT2D eigenvalue weighted by Crippen LogP contribution is -2.20. The highest BCUT2D eigenvalue weighted by molar-refractivity contribution is 6.42. The third kappa shape index (κ3) is 4.84. The Labute approximate surface area is 163 Å². The summed E-state index contributed by atoms with van der Waals surface area (Å²) in [4.78, 5) is 12.1. The van der Waals surface area contributed by atoms with Crippen molar-refractivity contribution in [1.82, 2.24) is 19.6 Å². The van der Waals surface area contributed by atoms with E-state index in [2.05, 4.69) is 15.5 Å². The average Bonchev–Trinajstić information content (AvgIpc) is 3.18. The summed E-state index contributed by atoms with van der Waals surface area (Å²) in [6.45, 7) is 1.87. The number of benzene rings is 1. The molecular weight excluding hydrogens is 399 g/mol. The molecule has 0 fully saturated rings. The normalized spacial score (nSPS) is 11.2. The van der Waals surface area contributed by atoms with Gasteiger partial charge in [-0.2, -0.15) is 10.2 Å². The minimum absolute atomic E-state index is 0.182. The minimum atomic E-state index is -2.68. The molecular formula is C17H15Cl2F2N5O. The average molecular weight is 414 g/mol. The van der Waals surface area contributed by atoms with Crippen LogP contribution in [-0.2, 0) is 17.9 Å². The molecule has 0 radical (unpaired) electrons. The number of nitrogens with zero attached hydrogens (tertiary/aromatic N) is 4. The van der Waals surface area contributed by atoms with Crippen molar-refractivity contribution < 1.29 is 13.6 Å². The first-order valence-electron chi connectivity index (χ1n) is 7.91. The number of rotatable bonds is 6. The highest BCUT2D eigenvalue weighted by Crippen LogP contribution is 2.23. The van der Waals surface area contributed by atoms with E-state index >= 15 is 0 Å². The fourth-order valence-corrected chi connectivity index (χ4v) is 2.78. The molecule has 1 aromatic carbocycles. The van der Waals surface area contributed by atoms with E-state index in [1.54, 1.807) is 36.0 Å². The van der Waals surface area contributed by atoms with Gasteiger partial charge in [-0.25, -0.2) is 8.78 Å². The Hall–Kier alpha value is -2.45. The molecule has 0 bridgehead atoms. The molecule has 0 saturated heterocycles. The largest absolute Gasteiger partial charge is 0.308 e. The second kappa shape index (κ2) is 8.06. The Balaban J connectivity index is 1.61. The molecule has 142 valence electrons. The van der Waals surface area contributed by atoms with Crippen molar-refractivity contribution in [3.63, 3.8) is 0 Å². The number of halogens is 4. The zero-order valence-corrected chi connectivity index (χ0v) is 15.7. The molecule has 27 heavy (non-hydrogen) atoms. The Morgan fingerprint density at radius 3 is 2.63 bits per heavy atom. The van der Waals surface area contributed by atoms with Crippen LogP contribution in [0.2, 0.25) is 10.0 Å². The van der Waals surface area contributed by atoms with Gasteiger partial charge in [0.15, 0.2) is 5.82 Å². The van der Waals surface area contributed by atoms with Crippen LogP contribution in [0.4, 0.5) is 14.6 Å². The predicted molar refractivity (Wildman–Crippen MR) is 98.3 cm³/mol. The molecule has 0 aliphatic carbocycles. The number of alkyl halides is 2. The van der Waals surface area contributed by atoms with E-state index < -0.39 is 12.3 Å². The first-order valence-corrected chi connectivity index (χ1v) is 8.67. The van der Waals surface area contributed by atoms with Crippen molar-refractivity contribution in [3.05, 3.63) is 63.5 Å². The van der Waals surface area contributed by atoms with Gasteiger partial charge in [0, 0.05) is 18.0 Å². The summed E-state index contributed by atoms with van der Waals surface area (Å²) in [5, 5.41) is 11.5. The Kier molecular flexibility index (Phi) is 5.76. The second-order valence-corrected chi connectivity index (χ2v) is 6.68. The van der Waals surface area contributed by atoms with Crippen LogP contribution in [0.3, 0.4) is 0 Å². The monoisotopic (exact) mass is 413 g/mol. The Bertz CT molecular complexity index is 970. The maximum atomic E-state index is 12.7. The predicted octanol–water partition coefficient (Wildman–Crippen LogP) is 4.32. The van der Waals surface area contributed by atoms with Crippen molar-refractivity contribution >= 4 is 34.9 Å². The molecule has 3 aromatic rings. The minimum Gasteiger partial charge on any atom is -0.308 e. The van der Waals surface area contributed by atoms with Crippen LogP contribution in [-0.4, -0.2) is 25.5 Å². The number of anilines is 1. The lowest BCUT2D eigenvalue weighted by Gasteiger charge is -2.05. The van der Waals surface area contributed by atoms with Crippen molar-refractivity contribution in [2.75, 3.05) is 5.32 Å². The summed E-state index contributed by atoms with van der Waals surface area (Å²) < 4.78 is 28.2. The SMILES string of the molecule is Cc1cc(C(F)F)nn1CC(=O)Nc1ccn(Cc2ccc(Cl)c(Cl)c2)n1. The second-order valence-electron chi connectivity index (χ2n) is 5.86. The summed E-state index contributed by atoms with van der Waals surface area (Å²) in [5.41, 5.74) is 1.02. The van der Waals surface area contributed by atoms with Crippen molar-refractivity contribution in [3.8, 4) is 0 Å². The summed E-state index contributed by atoms with van der Waals surface area (Å²) in [7, 11) is 0. The van der Waals surface area contributed by atoms with Gasteiger partial charge in [0.2, 0.25) is 5.91 Å². The van der Waals surface area contributed by atoms with Crippen LogP contribution in [0.15, 0.2) is 36.5 Å². The van der Waals surface area contributed by atoms with Gasteiger partial charge in [-0.1, -0.05) is 29.3 Å². The number of carbonyl (C=O) groups is 1. The van der Waals surface area contributed by atoms with Crippen LogP contribution >= 0.6 is 23.2 Å². The van der Waals surface area contributed by atoms with Crippen LogP contribution in [0.1, 0.15) is 23.4 Å². The fraction of sp³-hybridized carbons (Fsp3) is 0.235. The van der Waals surface area contributed by atoms with Crippen LogP contribution in [0, 0.1) is 6.92 Å². The van der Waals surface area contributed by atoms with Crippen LogP contribution in [0.25, 0.3) is 0 Å². The highest BCUT2D eigenvalue weighted by Gasteiger charge is 2.15. The van der Waals surface area contributed by atoms with Gasteiger partial charge in [0.1, 0.15) is 12.2 Å². The van der Waals surface area contributed by atoms with Gasteiger partial charge in [0.25, 0.3) is 6.43 Å². The van der Waals surface area contributed by atoms with Gasteiger partial charge >= 0.3 is 0 Å². The van der Waals surface area contributed by atoms with E-state index in [1.165, 1.54) is 10.7 Å². The lowest BCUT2D eigenvalue weighted by atomic mass is 10.2. The third-order valence-electron chi connectivity index (χ3n) is 3.75. The van der Waals surface area contributed by atoms with Crippen molar-refractivity contribution in [2.45, 2.75) is 26.4 Å². The van der Waals surface area contributed by atoms with Gasteiger partial charge in [-0.05, 0) is 30.7 Å². The molecule has 0 atom stereocenters. The summed E-state index contributed by atoms with van der Waals surface area (Å²) in [6, 6.07) is 8.16. The Morgan fingerprint density at radius 2 is 1.96 bits per heavy atom. The first-order chi connectivity index (χ1) is 12.8. The zero-order valence-electron chi connectivity index (χ0n) is 14.2. The van der Waals surface area contributed by atoms with E-state index in [-0.39, 0.29) is 12.2 Å². The number of nitrogens with one attached hydrogen (secondary N) is 1. The molecule has 0 aliphatic heterocycles. The molecule has 0 saturated carbocycles. The van der Waals surface area contributed by atoms with Crippen molar-refractivity contribution in [1.29, 1.82) is 0 Å². The maximum Gasteiger partial charge on any atom is 0.282 e. The standard InChI is InChI=1S/C17H15Cl2F2N5O/c1-10-6-14(17(20)21)23-26(10)9-16(27)22-15-4-5-25(24-15)8-11-2-3-12(18)13(19)7-11/h2-7,17H,8-9H2,1H3,(H,22,24,27). The van der Waals surface area contributed by atoms with Crippen LogP contribution in [0.5, 0.6) is 0 Å². The van der Waals surface area contributed by atoms with Gasteiger partial charge < -0.3 is 5.32 Å². The summed E-state index contributed by atoms with van der Waals surface area (Å²) >= 11 is 11.9. The lowest BCUT2D eigenvalue weighted by molar-refractivity contribution is -0.117. The van der Waals surface area contributed by atoms with E-state index in [0.29, 0.717) is 28.1 Å². The van der Waals surface area contributed by atoms with E-state index in [9.17, 15) is 13.6 Å². The van der Waals surface area contributed by atoms with Crippen molar-refractivity contribution in [2.24, 2.45) is 0 Å². The maximum absolute atomic E-state index is 12.7. The molecule has 1 amide bonds. The van der Waals surface area contributed by atoms with Gasteiger partial charge in [-0.15, -0.1) is 0 Å². The zero-order chi connectivity index (χ0) is 19.6. The molecule has 0 spiro atoms. The number of hydrogen-bond acceptors (Lipinski definition) is 3. The first kappa shape index (κ1) is 19.3. The molecule has 3 rings (SSSR count). The van der Waals surface area contributed by atoms with E-state index in [1.807, 2.05) is 6.07 Å². The molecule has 0 aliphatic rings. The number of carbonyl (C=O) groups excluding carboxylic acids is 1. The van der Waals surface area contributed by atoms with Crippen LogP contribution < -0.4 is 5.32 Å². The molecule has 2 aromatic heterocycles. The topological polar surface area (TPSA) is 64.7 Å². The summed E-state index contributed by atoms with van der Waals surface area (Å²) in [6.07, 6.45) is -0.975. The number of amides is 1. The summed E-state index contributed by atoms with van der Waals surface area (Å²) in [5.74, 6) is -0.0687. The van der Waals surface area contributed by atoms with Gasteiger partial charge in [0.05, 0.1) is 16.6 Å². The van der Waals surface area contributed by atoms with E-state index in [4.69, 9.17) is 23.2 Å². The molecule has 2 heterocycles. The Morgan fingerprint density at radius 1 is 1.19 bits per heavy atom. The molecule has 1 N–H and O–H groups in total. The third-order valence-corrected chi connectivity index (χ3v) is 4.49. The van der Waals surface area contributed by atoms with Gasteiger partial charge in [-0.3, -0.25) is 14.2 Å². The number of aryl methyl sites for hydroxylation is 1. The highest BCUT2D eigenvalue weighted by atomic mass is 35.5. The van der Waals surface area contributed by atoms with E-state index in [0.717, 1.165) is 5.56 Å². The molecule has 0 unspecified atom stereocenters. The fourth-order valence-electron chi connectivity index (χ4n) is 2.46. The molecule has 6 nitrogen and oxygen atoms in total. The molecule has 10 heteroatoms. The number of hydrogen-bond donors (Lipinski definition) is 1. The number of aromatic nitrogens is 4. The quantitative estimate of drug-likeness (QED) is 0.654.